The van der Waals surface area contributed by atoms with Crippen LogP contribution in [0.4, 0.5) is 0 Å². The first kappa shape index (κ1) is 20.5. The summed E-state index contributed by atoms with van der Waals surface area (Å²) in [6.07, 6.45) is 2.45. The largest absolute Gasteiger partial charge is 0.493 e. The van der Waals surface area contributed by atoms with Gasteiger partial charge in [-0.1, -0.05) is 6.07 Å². The number of carbonyl (C=O) groups is 1. The van der Waals surface area contributed by atoms with Gasteiger partial charge in [-0.2, -0.15) is 0 Å². The minimum atomic E-state index is -0.472. The maximum absolute atomic E-state index is 12.3. The van der Waals surface area contributed by atoms with Crippen LogP contribution in [0.25, 0.3) is 0 Å². The molecular formula is C20H31NO5. The predicted molar refractivity (Wildman–Crippen MR) is 99.7 cm³/mol. The molecule has 1 aromatic carbocycles. The van der Waals surface area contributed by atoms with E-state index < -0.39 is 5.60 Å². The van der Waals surface area contributed by atoms with Crippen LogP contribution in [0.2, 0.25) is 0 Å². The van der Waals surface area contributed by atoms with E-state index in [0.29, 0.717) is 24.7 Å². The molecule has 0 aliphatic carbocycles. The molecule has 2 atom stereocenters. The fraction of sp³-hybridized carbons (Fsp3) is 0.650. The molecule has 0 radical (unpaired) electrons. The van der Waals surface area contributed by atoms with E-state index in [2.05, 4.69) is 5.32 Å². The van der Waals surface area contributed by atoms with Crippen LogP contribution < -0.4 is 14.8 Å². The SMILES string of the molecule is COCCCOc1cc(C2CCC(C(=O)OC(C)(C)C)N2)ccc1OC. The van der Waals surface area contributed by atoms with Crippen LogP contribution in [0.15, 0.2) is 18.2 Å². The summed E-state index contributed by atoms with van der Waals surface area (Å²) in [7, 11) is 3.30. The maximum atomic E-state index is 12.3. The molecular weight excluding hydrogens is 334 g/mol. The average molecular weight is 365 g/mol. The van der Waals surface area contributed by atoms with Crippen LogP contribution in [-0.2, 0) is 14.3 Å². The highest BCUT2D eigenvalue weighted by atomic mass is 16.6. The highest BCUT2D eigenvalue weighted by Gasteiger charge is 2.33. The van der Waals surface area contributed by atoms with Crippen molar-refractivity contribution in [3.05, 3.63) is 23.8 Å². The second kappa shape index (κ2) is 9.24. The van der Waals surface area contributed by atoms with Crippen LogP contribution >= 0.6 is 0 Å². The third-order valence-electron chi connectivity index (χ3n) is 4.18. The molecule has 0 bridgehead atoms. The Balaban J connectivity index is 2.01. The van der Waals surface area contributed by atoms with Gasteiger partial charge in [-0.25, -0.2) is 0 Å². The molecule has 1 aromatic rings. The molecule has 0 aromatic heterocycles. The quantitative estimate of drug-likeness (QED) is 0.563. The fourth-order valence-corrected chi connectivity index (χ4v) is 2.97. The molecule has 0 spiro atoms. The van der Waals surface area contributed by atoms with E-state index in [1.807, 2.05) is 39.0 Å². The van der Waals surface area contributed by atoms with E-state index in [1.54, 1.807) is 14.2 Å². The highest BCUT2D eigenvalue weighted by molar-refractivity contribution is 5.76. The number of rotatable bonds is 8. The van der Waals surface area contributed by atoms with Crippen LogP contribution in [0, 0.1) is 0 Å². The maximum Gasteiger partial charge on any atom is 0.323 e. The molecule has 0 saturated carbocycles. The first-order chi connectivity index (χ1) is 12.3. The van der Waals surface area contributed by atoms with Gasteiger partial charge < -0.3 is 18.9 Å². The molecule has 2 rings (SSSR count). The number of esters is 1. The standard InChI is InChI=1S/C20H31NO5/c1-20(2,3)26-19(22)16-9-8-15(21-16)14-7-10-17(24-5)18(13-14)25-12-6-11-23-4/h7,10,13,15-16,21H,6,8-9,11-12H2,1-5H3. The van der Waals surface area contributed by atoms with E-state index in [4.69, 9.17) is 18.9 Å². The molecule has 1 saturated heterocycles. The normalized spacial score (nSPS) is 20.0. The first-order valence-electron chi connectivity index (χ1n) is 9.12. The van der Waals surface area contributed by atoms with E-state index in [1.165, 1.54) is 0 Å². The van der Waals surface area contributed by atoms with Crippen molar-refractivity contribution >= 4 is 5.97 Å². The second-order valence-electron chi connectivity index (χ2n) is 7.49. The van der Waals surface area contributed by atoms with Crippen molar-refractivity contribution in [2.45, 2.75) is 57.7 Å². The zero-order valence-corrected chi connectivity index (χ0v) is 16.5. The van der Waals surface area contributed by atoms with Crippen molar-refractivity contribution < 1.29 is 23.7 Å². The number of methoxy groups -OCH3 is 2. The van der Waals surface area contributed by atoms with Gasteiger partial charge >= 0.3 is 5.97 Å². The van der Waals surface area contributed by atoms with E-state index in [9.17, 15) is 4.79 Å². The molecule has 1 fully saturated rings. The molecule has 1 heterocycles. The summed E-state index contributed by atoms with van der Waals surface area (Å²) in [4.78, 5) is 12.3. The summed E-state index contributed by atoms with van der Waals surface area (Å²) < 4.78 is 21.8. The molecule has 26 heavy (non-hydrogen) atoms. The van der Waals surface area contributed by atoms with Gasteiger partial charge in [0.25, 0.3) is 0 Å². The lowest BCUT2D eigenvalue weighted by Gasteiger charge is -2.22. The number of hydrogen-bond acceptors (Lipinski definition) is 6. The van der Waals surface area contributed by atoms with Crippen molar-refractivity contribution in [2.75, 3.05) is 27.4 Å². The van der Waals surface area contributed by atoms with E-state index >= 15 is 0 Å². The zero-order valence-electron chi connectivity index (χ0n) is 16.5. The van der Waals surface area contributed by atoms with Crippen molar-refractivity contribution in [1.82, 2.24) is 5.32 Å². The van der Waals surface area contributed by atoms with Gasteiger partial charge in [0, 0.05) is 26.2 Å². The van der Waals surface area contributed by atoms with E-state index in [-0.39, 0.29) is 18.1 Å². The minimum absolute atomic E-state index is 0.0970. The zero-order chi connectivity index (χ0) is 19.2. The number of ether oxygens (including phenoxy) is 4. The highest BCUT2D eigenvalue weighted by Crippen LogP contribution is 2.34. The summed E-state index contributed by atoms with van der Waals surface area (Å²) in [5.41, 5.74) is 0.610. The number of nitrogens with one attached hydrogen (secondary N) is 1. The average Bonchev–Trinajstić information content (AvgIpc) is 3.07. The van der Waals surface area contributed by atoms with Crippen molar-refractivity contribution in [3.63, 3.8) is 0 Å². The van der Waals surface area contributed by atoms with Gasteiger partial charge in [0.15, 0.2) is 11.5 Å². The van der Waals surface area contributed by atoms with Gasteiger partial charge in [0.2, 0.25) is 0 Å². The molecule has 0 amide bonds. The third kappa shape index (κ3) is 5.88. The molecule has 1 N–H and O–H groups in total. The van der Waals surface area contributed by atoms with Crippen LogP contribution in [0.1, 0.15) is 51.6 Å². The Bertz CT molecular complexity index is 596. The molecule has 6 nitrogen and oxygen atoms in total. The molecule has 1 aliphatic rings. The third-order valence-corrected chi connectivity index (χ3v) is 4.18. The summed E-state index contributed by atoms with van der Waals surface area (Å²) in [6, 6.07) is 5.73. The molecule has 6 heteroatoms. The minimum Gasteiger partial charge on any atom is -0.493 e. The van der Waals surface area contributed by atoms with Crippen LogP contribution in [0.5, 0.6) is 11.5 Å². The fourth-order valence-electron chi connectivity index (χ4n) is 2.97. The summed E-state index contributed by atoms with van der Waals surface area (Å²) in [6.45, 7) is 6.87. The first-order valence-corrected chi connectivity index (χ1v) is 9.12. The van der Waals surface area contributed by atoms with Crippen molar-refractivity contribution in [2.24, 2.45) is 0 Å². The van der Waals surface area contributed by atoms with Gasteiger partial charge in [-0.15, -0.1) is 0 Å². The predicted octanol–water partition coefficient (Wildman–Crippen LogP) is 3.25. The van der Waals surface area contributed by atoms with Crippen LogP contribution in [-0.4, -0.2) is 45.0 Å². The Morgan fingerprint density at radius 3 is 2.58 bits per heavy atom. The summed E-state index contributed by atoms with van der Waals surface area (Å²) in [5, 5.41) is 3.38. The summed E-state index contributed by atoms with van der Waals surface area (Å²) >= 11 is 0. The lowest BCUT2D eigenvalue weighted by molar-refractivity contribution is -0.157. The van der Waals surface area contributed by atoms with Crippen molar-refractivity contribution in [3.8, 4) is 11.5 Å². The lowest BCUT2D eigenvalue weighted by Crippen LogP contribution is -2.38. The summed E-state index contributed by atoms with van der Waals surface area (Å²) in [5.74, 6) is 1.22. The Hall–Kier alpha value is -1.79. The van der Waals surface area contributed by atoms with Crippen molar-refractivity contribution in [1.29, 1.82) is 0 Å². The Morgan fingerprint density at radius 2 is 1.92 bits per heavy atom. The Morgan fingerprint density at radius 1 is 1.15 bits per heavy atom. The molecule has 2 unspecified atom stereocenters. The van der Waals surface area contributed by atoms with Gasteiger partial charge in [0.05, 0.1) is 13.7 Å². The second-order valence-corrected chi connectivity index (χ2v) is 7.49. The molecule has 1 aliphatic heterocycles. The van der Waals surface area contributed by atoms with Crippen LogP contribution in [0.3, 0.4) is 0 Å². The van der Waals surface area contributed by atoms with Gasteiger partial charge in [-0.3, -0.25) is 10.1 Å². The number of benzene rings is 1. The number of carbonyl (C=O) groups excluding carboxylic acids is 1. The monoisotopic (exact) mass is 365 g/mol. The van der Waals surface area contributed by atoms with E-state index in [0.717, 1.165) is 24.8 Å². The molecule has 146 valence electrons. The Labute approximate surface area is 156 Å². The smallest absolute Gasteiger partial charge is 0.323 e. The Kier molecular flexibility index (Phi) is 7.29. The van der Waals surface area contributed by atoms with Gasteiger partial charge in [-0.05, 0) is 51.3 Å². The lowest BCUT2D eigenvalue weighted by atomic mass is 10.0. The van der Waals surface area contributed by atoms with Gasteiger partial charge in [0.1, 0.15) is 11.6 Å². The topological polar surface area (TPSA) is 66.0 Å². The number of hydrogen-bond donors (Lipinski definition) is 1.